The van der Waals surface area contributed by atoms with Crippen molar-refractivity contribution in [3.63, 3.8) is 0 Å². The first-order valence-corrected chi connectivity index (χ1v) is 10.3. The van der Waals surface area contributed by atoms with Gasteiger partial charge in [0.25, 0.3) is 0 Å². The predicted octanol–water partition coefficient (Wildman–Crippen LogP) is 1.61. The molecule has 0 aromatic heterocycles. The van der Waals surface area contributed by atoms with Crippen LogP contribution in [0.1, 0.15) is 36.9 Å². The Morgan fingerprint density at radius 2 is 1.76 bits per heavy atom. The minimum atomic E-state index is -0.208. The first-order chi connectivity index (χ1) is 13.9. The smallest absolute Gasteiger partial charge is 0.249 e. The molecule has 2 aliphatic rings. The van der Waals surface area contributed by atoms with E-state index in [0.29, 0.717) is 32.7 Å². The van der Waals surface area contributed by atoms with E-state index in [1.54, 1.807) is 11.8 Å². The van der Waals surface area contributed by atoms with E-state index in [9.17, 15) is 14.4 Å². The zero-order valence-electron chi connectivity index (χ0n) is 17.6. The lowest BCUT2D eigenvalue weighted by atomic mass is 9.87. The minimum Gasteiger partial charge on any atom is -0.375 e. The van der Waals surface area contributed by atoms with Gasteiger partial charge in [-0.25, -0.2) is 0 Å². The van der Waals surface area contributed by atoms with Crippen molar-refractivity contribution in [3.8, 4) is 0 Å². The van der Waals surface area contributed by atoms with Crippen molar-refractivity contribution in [3.05, 3.63) is 35.4 Å². The molecule has 2 heterocycles. The monoisotopic (exact) mass is 401 g/mol. The number of ether oxygens (including phenoxy) is 1. The first kappa shape index (κ1) is 21.3. The van der Waals surface area contributed by atoms with Crippen LogP contribution in [0.15, 0.2) is 24.3 Å². The van der Waals surface area contributed by atoms with Gasteiger partial charge in [0.2, 0.25) is 17.7 Å². The lowest BCUT2D eigenvalue weighted by Gasteiger charge is -2.42. The highest BCUT2D eigenvalue weighted by Crippen LogP contribution is 2.34. The third-order valence-electron chi connectivity index (χ3n) is 5.98. The molecule has 3 amide bonds. The van der Waals surface area contributed by atoms with Gasteiger partial charge >= 0.3 is 0 Å². The summed E-state index contributed by atoms with van der Waals surface area (Å²) in [6, 6.07) is 8.18. The minimum absolute atomic E-state index is 0.0144. The summed E-state index contributed by atoms with van der Waals surface area (Å²) in [6.45, 7) is 6.29. The number of hydrogen-bond acceptors (Lipinski definition) is 4. The van der Waals surface area contributed by atoms with Crippen LogP contribution in [0.5, 0.6) is 0 Å². The number of aryl methyl sites for hydroxylation is 1. The molecule has 1 aromatic carbocycles. The SMILES string of the molecule is COCC(=O)N1CC(C(=O)N2CCN(C(C)=O)CC2)CCC1c1cccc(C)c1. The zero-order valence-corrected chi connectivity index (χ0v) is 17.6. The fourth-order valence-corrected chi connectivity index (χ4v) is 4.38. The van der Waals surface area contributed by atoms with Crippen molar-refractivity contribution in [1.82, 2.24) is 14.7 Å². The van der Waals surface area contributed by atoms with Gasteiger partial charge in [-0.05, 0) is 25.3 Å². The first-order valence-electron chi connectivity index (χ1n) is 10.3. The van der Waals surface area contributed by atoms with E-state index < -0.39 is 0 Å². The summed E-state index contributed by atoms with van der Waals surface area (Å²) in [5, 5.41) is 0. The number of benzene rings is 1. The maximum absolute atomic E-state index is 13.1. The molecule has 2 fully saturated rings. The third kappa shape index (κ3) is 4.96. The average Bonchev–Trinajstić information content (AvgIpc) is 2.73. The average molecular weight is 402 g/mol. The fourth-order valence-electron chi connectivity index (χ4n) is 4.38. The second kappa shape index (κ2) is 9.39. The lowest BCUT2D eigenvalue weighted by molar-refractivity contribution is -0.148. The molecule has 1 aromatic rings. The van der Waals surface area contributed by atoms with Crippen LogP contribution in [0.4, 0.5) is 0 Å². The van der Waals surface area contributed by atoms with E-state index in [2.05, 4.69) is 6.07 Å². The number of methoxy groups -OCH3 is 1. The van der Waals surface area contributed by atoms with Crippen LogP contribution < -0.4 is 0 Å². The molecule has 0 radical (unpaired) electrons. The number of rotatable bonds is 4. The van der Waals surface area contributed by atoms with Gasteiger partial charge in [0.05, 0.1) is 12.0 Å². The van der Waals surface area contributed by atoms with E-state index in [1.807, 2.05) is 34.9 Å². The van der Waals surface area contributed by atoms with Crippen molar-refractivity contribution in [2.45, 2.75) is 32.7 Å². The molecule has 0 aliphatic carbocycles. The number of likely N-dealkylation sites (tertiary alicyclic amines) is 1. The number of piperazine rings is 1. The summed E-state index contributed by atoms with van der Waals surface area (Å²) in [4.78, 5) is 42.8. The Morgan fingerprint density at radius 3 is 2.38 bits per heavy atom. The Bertz CT molecular complexity index is 758. The third-order valence-corrected chi connectivity index (χ3v) is 5.98. The van der Waals surface area contributed by atoms with Gasteiger partial charge in [-0.3, -0.25) is 14.4 Å². The summed E-state index contributed by atoms with van der Waals surface area (Å²) >= 11 is 0. The number of amides is 3. The van der Waals surface area contributed by atoms with Gasteiger partial charge in [-0.2, -0.15) is 0 Å². The molecular formula is C22H31N3O4. The highest BCUT2D eigenvalue weighted by Gasteiger charge is 2.37. The van der Waals surface area contributed by atoms with Crippen LogP contribution in [0, 0.1) is 12.8 Å². The lowest BCUT2D eigenvalue weighted by Crippen LogP contribution is -2.54. The Kier molecular flexibility index (Phi) is 6.90. The van der Waals surface area contributed by atoms with Gasteiger partial charge in [0, 0.05) is 46.8 Å². The summed E-state index contributed by atoms with van der Waals surface area (Å²) in [6.07, 6.45) is 1.50. The molecule has 2 unspecified atom stereocenters. The van der Waals surface area contributed by atoms with Gasteiger partial charge in [0.1, 0.15) is 6.61 Å². The molecule has 0 spiro atoms. The van der Waals surface area contributed by atoms with Crippen LogP contribution in [-0.4, -0.2) is 78.9 Å². The quantitative estimate of drug-likeness (QED) is 0.769. The largest absolute Gasteiger partial charge is 0.375 e. The molecule has 2 saturated heterocycles. The molecular weight excluding hydrogens is 370 g/mol. The van der Waals surface area contributed by atoms with Crippen molar-refractivity contribution >= 4 is 17.7 Å². The summed E-state index contributed by atoms with van der Waals surface area (Å²) in [5.74, 6) is -0.156. The zero-order chi connectivity index (χ0) is 21.0. The topological polar surface area (TPSA) is 70.2 Å². The van der Waals surface area contributed by atoms with E-state index in [0.717, 1.165) is 24.0 Å². The summed E-state index contributed by atoms with van der Waals surface area (Å²) in [7, 11) is 1.51. The van der Waals surface area contributed by atoms with E-state index in [1.165, 1.54) is 7.11 Å². The maximum atomic E-state index is 13.1. The molecule has 29 heavy (non-hydrogen) atoms. The molecule has 2 aliphatic heterocycles. The highest BCUT2D eigenvalue weighted by molar-refractivity contribution is 5.82. The van der Waals surface area contributed by atoms with E-state index >= 15 is 0 Å². The van der Waals surface area contributed by atoms with Gasteiger partial charge < -0.3 is 19.4 Å². The molecule has 3 rings (SSSR count). The number of piperidine rings is 1. The molecule has 0 bridgehead atoms. The Balaban J connectivity index is 1.71. The van der Waals surface area contributed by atoms with Gasteiger partial charge in [-0.15, -0.1) is 0 Å². The van der Waals surface area contributed by atoms with Crippen molar-refractivity contribution in [1.29, 1.82) is 0 Å². The number of carbonyl (C=O) groups is 3. The molecule has 0 N–H and O–H groups in total. The number of nitrogens with zero attached hydrogens (tertiary/aromatic N) is 3. The van der Waals surface area contributed by atoms with Gasteiger partial charge in [0.15, 0.2) is 0 Å². The fraction of sp³-hybridized carbons (Fsp3) is 0.591. The summed E-state index contributed by atoms with van der Waals surface area (Å²) in [5.41, 5.74) is 2.26. The predicted molar refractivity (Wildman–Crippen MR) is 109 cm³/mol. The summed E-state index contributed by atoms with van der Waals surface area (Å²) < 4.78 is 5.09. The van der Waals surface area contributed by atoms with Crippen LogP contribution in [0.2, 0.25) is 0 Å². The standard InChI is InChI=1S/C22H31N3O4/c1-16-5-4-6-18(13-16)20-8-7-19(14-25(20)21(27)15-29-3)22(28)24-11-9-23(10-12-24)17(2)26/h4-6,13,19-20H,7-12,14-15H2,1-3H3. The second-order valence-corrected chi connectivity index (χ2v) is 8.01. The number of carbonyl (C=O) groups excluding carboxylic acids is 3. The van der Waals surface area contributed by atoms with Crippen LogP contribution in [-0.2, 0) is 19.1 Å². The maximum Gasteiger partial charge on any atom is 0.249 e. The van der Waals surface area contributed by atoms with Gasteiger partial charge in [-0.1, -0.05) is 29.8 Å². The second-order valence-electron chi connectivity index (χ2n) is 8.01. The molecule has 2 atom stereocenters. The Morgan fingerprint density at radius 1 is 1.07 bits per heavy atom. The van der Waals surface area contributed by atoms with Crippen LogP contribution in [0.25, 0.3) is 0 Å². The van der Waals surface area contributed by atoms with Crippen molar-refractivity contribution in [2.24, 2.45) is 5.92 Å². The van der Waals surface area contributed by atoms with Crippen molar-refractivity contribution in [2.75, 3.05) is 46.4 Å². The van der Waals surface area contributed by atoms with E-state index in [4.69, 9.17) is 4.74 Å². The molecule has 0 saturated carbocycles. The molecule has 7 heteroatoms. The molecule has 158 valence electrons. The van der Waals surface area contributed by atoms with Crippen molar-refractivity contribution < 1.29 is 19.1 Å². The van der Waals surface area contributed by atoms with E-state index in [-0.39, 0.29) is 36.3 Å². The molecule has 7 nitrogen and oxygen atoms in total. The Labute approximate surface area is 172 Å². The Hall–Kier alpha value is -2.41. The normalized spacial score (nSPS) is 22.5. The van der Waals surface area contributed by atoms with Crippen LogP contribution in [0.3, 0.4) is 0 Å². The highest BCUT2D eigenvalue weighted by atomic mass is 16.5. The number of hydrogen-bond donors (Lipinski definition) is 0. The van der Waals surface area contributed by atoms with Crippen LogP contribution >= 0.6 is 0 Å².